The van der Waals surface area contributed by atoms with E-state index in [1.165, 1.54) is 56.9 Å². The maximum absolute atomic E-state index is 12.8. The Morgan fingerprint density at radius 2 is 1.12 bits per heavy atom. The molecule has 2 nitrogen and oxygen atoms in total. The molecular weight excluding hydrogens is 658 g/mol. The summed E-state index contributed by atoms with van der Waals surface area (Å²) in [6.45, 7) is 8.27. The van der Waals surface area contributed by atoms with E-state index in [0.29, 0.717) is 12.0 Å². The van der Waals surface area contributed by atoms with Crippen molar-refractivity contribution in [3.8, 4) is 0 Å². The fourth-order valence-corrected chi connectivity index (χ4v) is 5.74. The van der Waals surface area contributed by atoms with E-state index in [2.05, 4.69) is 79.5 Å². The monoisotopic (exact) mass is 700 g/mol. The molecule has 0 saturated carbocycles. The molecule has 0 aliphatic rings. The summed E-state index contributed by atoms with van der Waals surface area (Å²) in [5, 5.41) is 8.45. The maximum Gasteiger partial charge on any atom is 0.416 e. The van der Waals surface area contributed by atoms with E-state index in [4.69, 9.17) is 5.73 Å². The zero-order valence-corrected chi connectivity index (χ0v) is 28.6. The average molecular weight is 701 g/mol. The first kappa shape index (κ1) is 38.9. The van der Waals surface area contributed by atoms with E-state index >= 15 is 0 Å². The van der Waals surface area contributed by atoms with Gasteiger partial charge in [-0.05, 0) is 95.2 Å². The van der Waals surface area contributed by atoms with Crippen molar-refractivity contribution in [2.45, 2.75) is 51.1 Å². The van der Waals surface area contributed by atoms with Gasteiger partial charge in [0.15, 0.2) is 0 Å². The lowest BCUT2D eigenvalue weighted by Crippen LogP contribution is -2.20. The van der Waals surface area contributed by atoms with Gasteiger partial charge in [-0.3, -0.25) is 0 Å². The first-order valence-electron chi connectivity index (χ1n) is 16.7. The van der Waals surface area contributed by atoms with Crippen LogP contribution in [0, 0.1) is 0 Å². The fraction of sp³-hybridized carbons (Fsp3) is 0.209. The minimum atomic E-state index is -4.28. The summed E-state index contributed by atoms with van der Waals surface area (Å²) in [5.74, 6) is 0. The summed E-state index contributed by atoms with van der Waals surface area (Å²) in [6, 6.07) is 40.0. The van der Waals surface area contributed by atoms with Crippen LogP contribution in [0.2, 0.25) is 0 Å². The Morgan fingerprint density at radius 1 is 0.627 bits per heavy atom. The Morgan fingerprint density at radius 3 is 1.69 bits per heavy atom. The van der Waals surface area contributed by atoms with E-state index in [-0.39, 0.29) is 12.1 Å². The van der Waals surface area contributed by atoms with Crippen molar-refractivity contribution >= 4 is 27.6 Å². The number of alkyl halides is 6. The number of aryl methyl sites for hydroxylation is 1. The largest absolute Gasteiger partial charge is 0.416 e. The van der Waals surface area contributed by atoms with E-state index in [1.807, 2.05) is 31.2 Å². The summed E-state index contributed by atoms with van der Waals surface area (Å²) < 4.78 is 74.5. The SMILES string of the molecule is C=Cc1cccc(C(F)(F)F)c1.CC(N)c1cccc2ccccc12.CC(NCCCc1cccc(C(F)(F)F)c1)c1cccc2ccccc12. The van der Waals surface area contributed by atoms with E-state index in [0.717, 1.165) is 36.7 Å². The minimum absolute atomic E-state index is 0.103. The second-order valence-electron chi connectivity index (χ2n) is 12.2. The molecule has 2 atom stereocenters. The van der Waals surface area contributed by atoms with Crippen molar-refractivity contribution in [1.82, 2.24) is 5.32 Å². The van der Waals surface area contributed by atoms with Gasteiger partial charge in [0.25, 0.3) is 0 Å². The zero-order chi connectivity index (χ0) is 37.0. The molecule has 0 fully saturated rings. The van der Waals surface area contributed by atoms with Gasteiger partial charge in [0, 0.05) is 12.1 Å². The number of benzene rings is 6. The predicted octanol–water partition coefficient (Wildman–Crippen LogP) is 12.3. The molecule has 0 saturated heterocycles. The lowest BCUT2D eigenvalue weighted by atomic mass is 9.99. The topological polar surface area (TPSA) is 38.0 Å². The molecular formula is C43H42F6N2. The van der Waals surface area contributed by atoms with Crippen LogP contribution >= 0.6 is 0 Å². The summed E-state index contributed by atoms with van der Waals surface area (Å²) in [7, 11) is 0. The first-order valence-corrected chi connectivity index (χ1v) is 16.7. The Kier molecular flexibility index (Phi) is 13.6. The van der Waals surface area contributed by atoms with Crippen LogP contribution in [-0.2, 0) is 18.8 Å². The van der Waals surface area contributed by atoms with Gasteiger partial charge in [-0.2, -0.15) is 26.3 Å². The lowest BCUT2D eigenvalue weighted by Gasteiger charge is -2.17. The van der Waals surface area contributed by atoms with Crippen LogP contribution < -0.4 is 11.1 Å². The van der Waals surface area contributed by atoms with Crippen molar-refractivity contribution in [1.29, 1.82) is 0 Å². The standard InChI is InChI=1S/C22H22F3N.C12H13N.C9H7F3/c1-16(20-13-5-10-18-9-2-3-12-21(18)20)26-14-6-8-17-7-4-11-19(15-17)22(23,24)25;1-9(13)11-8-4-6-10-5-2-3-7-12(10)11;1-2-7-4-3-5-8(6-7)9(10,11)12/h2-5,7,9-13,15-16,26H,6,8,14H2,1H3;2-9H,13H2,1H3;2-6H,1H2. The van der Waals surface area contributed by atoms with Crippen LogP contribution in [0.4, 0.5) is 26.3 Å². The van der Waals surface area contributed by atoms with E-state index in [9.17, 15) is 26.3 Å². The molecule has 0 heterocycles. The number of nitrogens with one attached hydrogen (secondary N) is 1. The Balaban J connectivity index is 0.000000194. The van der Waals surface area contributed by atoms with Gasteiger partial charge < -0.3 is 11.1 Å². The third kappa shape index (κ3) is 11.3. The molecule has 6 aromatic rings. The molecule has 0 radical (unpaired) electrons. The fourth-order valence-electron chi connectivity index (χ4n) is 5.74. The van der Waals surface area contributed by atoms with Crippen molar-refractivity contribution in [3.05, 3.63) is 173 Å². The summed E-state index contributed by atoms with van der Waals surface area (Å²) >= 11 is 0. The van der Waals surface area contributed by atoms with Crippen molar-refractivity contribution < 1.29 is 26.3 Å². The first-order chi connectivity index (χ1) is 24.3. The van der Waals surface area contributed by atoms with Crippen LogP contribution in [-0.4, -0.2) is 6.54 Å². The van der Waals surface area contributed by atoms with Gasteiger partial charge in [0.1, 0.15) is 0 Å². The number of hydrogen-bond acceptors (Lipinski definition) is 2. The van der Waals surface area contributed by atoms with Gasteiger partial charge in [-0.1, -0.05) is 128 Å². The van der Waals surface area contributed by atoms with Gasteiger partial charge in [0.05, 0.1) is 11.1 Å². The van der Waals surface area contributed by atoms with Crippen molar-refractivity contribution in [2.24, 2.45) is 5.73 Å². The number of halogens is 6. The molecule has 0 amide bonds. The van der Waals surface area contributed by atoms with Crippen molar-refractivity contribution in [3.63, 3.8) is 0 Å². The highest BCUT2D eigenvalue weighted by Crippen LogP contribution is 2.31. The van der Waals surface area contributed by atoms with Crippen LogP contribution in [0.5, 0.6) is 0 Å². The third-order valence-corrected chi connectivity index (χ3v) is 8.40. The molecule has 0 aliphatic heterocycles. The summed E-state index contributed by atoms with van der Waals surface area (Å²) in [6.07, 6.45) is -5.75. The summed E-state index contributed by atoms with van der Waals surface area (Å²) in [5.41, 5.74) is 8.32. The van der Waals surface area contributed by atoms with Crippen LogP contribution in [0.3, 0.4) is 0 Å². The lowest BCUT2D eigenvalue weighted by molar-refractivity contribution is -0.138. The molecule has 6 rings (SSSR count). The Labute approximate surface area is 295 Å². The molecule has 0 aromatic heterocycles. The second-order valence-corrected chi connectivity index (χ2v) is 12.2. The van der Waals surface area contributed by atoms with Crippen LogP contribution in [0.1, 0.15) is 65.7 Å². The molecule has 2 unspecified atom stereocenters. The summed E-state index contributed by atoms with van der Waals surface area (Å²) in [4.78, 5) is 0. The van der Waals surface area contributed by atoms with E-state index in [1.54, 1.807) is 12.1 Å². The maximum atomic E-state index is 12.8. The van der Waals surface area contributed by atoms with Crippen LogP contribution in [0.25, 0.3) is 27.6 Å². The molecule has 3 N–H and O–H groups in total. The van der Waals surface area contributed by atoms with Gasteiger partial charge in [-0.25, -0.2) is 0 Å². The third-order valence-electron chi connectivity index (χ3n) is 8.40. The molecule has 0 bridgehead atoms. The van der Waals surface area contributed by atoms with Gasteiger partial charge >= 0.3 is 12.4 Å². The number of rotatable bonds is 8. The highest BCUT2D eigenvalue weighted by Gasteiger charge is 2.31. The zero-order valence-electron chi connectivity index (χ0n) is 28.6. The number of fused-ring (bicyclic) bond motifs is 2. The minimum Gasteiger partial charge on any atom is -0.324 e. The van der Waals surface area contributed by atoms with Crippen LogP contribution in [0.15, 0.2) is 140 Å². The number of nitrogens with two attached hydrogens (primary N) is 1. The van der Waals surface area contributed by atoms with Gasteiger partial charge in [-0.15, -0.1) is 0 Å². The second kappa shape index (κ2) is 17.8. The highest BCUT2D eigenvalue weighted by molar-refractivity contribution is 5.86. The van der Waals surface area contributed by atoms with E-state index < -0.39 is 23.5 Å². The Bertz CT molecular complexity index is 2000. The average Bonchev–Trinajstić information content (AvgIpc) is 3.12. The highest BCUT2D eigenvalue weighted by atomic mass is 19.4. The molecule has 51 heavy (non-hydrogen) atoms. The van der Waals surface area contributed by atoms with Crippen molar-refractivity contribution in [2.75, 3.05) is 6.54 Å². The molecule has 8 heteroatoms. The molecule has 266 valence electrons. The smallest absolute Gasteiger partial charge is 0.324 e. The predicted molar refractivity (Wildman–Crippen MR) is 198 cm³/mol. The quantitative estimate of drug-likeness (QED) is 0.123. The van der Waals surface area contributed by atoms with Gasteiger partial charge in [0.2, 0.25) is 0 Å². The number of hydrogen-bond donors (Lipinski definition) is 2. The normalized spacial score (nSPS) is 12.6. The molecule has 0 spiro atoms. The molecule has 6 aromatic carbocycles. The Hall–Kier alpha value is -4.92. The molecule has 0 aliphatic carbocycles.